The van der Waals surface area contributed by atoms with E-state index in [2.05, 4.69) is 60.5 Å². The second-order valence-electron chi connectivity index (χ2n) is 8.15. The van der Waals surface area contributed by atoms with Crippen LogP contribution >= 0.6 is 0 Å². The zero-order valence-corrected chi connectivity index (χ0v) is 16.7. The summed E-state index contributed by atoms with van der Waals surface area (Å²) in [6, 6.07) is 18.6. The molecule has 144 valence electrons. The first-order valence-electron chi connectivity index (χ1n) is 10.2. The fraction of sp³-hybridized carbons (Fsp3) is 0.458. The minimum Gasteiger partial charge on any atom is -0.356 e. The molecule has 3 nitrogen and oxygen atoms in total. The first-order chi connectivity index (χ1) is 13.1. The minimum absolute atomic E-state index is 0.114. The first kappa shape index (κ1) is 19.6. The van der Waals surface area contributed by atoms with Crippen LogP contribution in [-0.2, 0) is 11.2 Å². The highest BCUT2D eigenvalue weighted by Crippen LogP contribution is 2.21. The van der Waals surface area contributed by atoms with Crippen LogP contribution in [0.15, 0.2) is 54.6 Å². The lowest BCUT2D eigenvalue weighted by molar-refractivity contribution is -0.120. The van der Waals surface area contributed by atoms with Gasteiger partial charge in [0, 0.05) is 19.6 Å². The fourth-order valence-electron chi connectivity index (χ4n) is 4.20. The molecule has 0 aliphatic carbocycles. The molecule has 0 unspecified atom stereocenters. The van der Waals surface area contributed by atoms with Gasteiger partial charge in [0.1, 0.15) is 0 Å². The molecule has 27 heavy (non-hydrogen) atoms. The standard InChI is InChI=1S/C24H32N2O/c1-19-15-20(2)18-26(17-19)14-6-13-25-24(27)16-21-9-11-23(12-10-21)22-7-4-3-5-8-22/h3-5,7-12,19-20H,6,13-18H2,1-2H3,(H,25,27)/t19-,20-/m0/s1. The molecular formula is C24H32N2O. The van der Waals surface area contributed by atoms with E-state index < -0.39 is 0 Å². The maximum Gasteiger partial charge on any atom is 0.224 e. The van der Waals surface area contributed by atoms with Crippen molar-refractivity contribution in [1.82, 2.24) is 10.2 Å². The molecule has 1 amide bonds. The molecule has 0 aromatic heterocycles. The molecule has 2 aromatic carbocycles. The summed E-state index contributed by atoms with van der Waals surface area (Å²) in [6.07, 6.45) is 2.82. The average molecular weight is 365 g/mol. The van der Waals surface area contributed by atoms with Gasteiger partial charge in [-0.3, -0.25) is 4.79 Å². The molecule has 1 saturated heterocycles. The summed E-state index contributed by atoms with van der Waals surface area (Å²) in [5, 5.41) is 3.07. The van der Waals surface area contributed by atoms with Crippen LogP contribution < -0.4 is 5.32 Å². The third-order valence-corrected chi connectivity index (χ3v) is 5.34. The smallest absolute Gasteiger partial charge is 0.224 e. The monoisotopic (exact) mass is 364 g/mol. The fourth-order valence-corrected chi connectivity index (χ4v) is 4.20. The lowest BCUT2D eigenvalue weighted by atomic mass is 9.92. The molecule has 2 aromatic rings. The summed E-state index contributed by atoms with van der Waals surface area (Å²) in [6.45, 7) is 8.93. The lowest BCUT2D eigenvalue weighted by Gasteiger charge is -2.34. The van der Waals surface area contributed by atoms with Crippen LogP contribution in [0.5, 0.6) is 0 Å². The van der Waals surface area contributed by atoms with Gasteiger partial charge >= 0.3 is 0 Å². The van der Waals surface area contributed by atoms with Crippen molar-refractivity contribution < 1.29 is 4.79 Å². The zero-order valence-electron chi connectivity index (χ0n) is 16.7. The Hall–Kier alpha value is -2.13. The quantitative estimate of drug-likeness (QED) is 0.740. The van der Waals surface area contributed by atoms with Gasteiger partial charge in [-0.2, -0.15) is 0 Å². The summed E-state index contributed by atoms with van der Waals surface area (Å²) in [5.74, 6) is 1.70. The highest BCUT2D eigenvalue weighted by Gasteiger charge is 2.21. The summed E-state index contributed by atoms with van der Waals surface area (Å²) in [4.78, 5) is 14.7. The van der Waals surface area contributed by atoms with Crippen LogP contribution in [-0.4, -0.2) is 37.0 Å². The van der Waals surface area contributed by atoms with Gasteiger partial charge in [-0.15, -0.1) is 0 Å². The summed E-state index contributed by atoms with van der Waals surface area (Å²) in [7, 11) is 0. The number of carbonyl (C=O) groups is 1. The molecule has 3 heteroatoms. The Kier molecular flexibility index (Phi) is 7.05. The molecule has 2 atom stereocenters. The van der Waals surface area contributed by atoms with Gasteiger partial charge in [0.2, 0.25) is 5.91 Å². The number of benzene rings is 2. The van der Waals surface area contributed by atoms with Crippen LogP contribution in [0.1, 0.15) is 32.3 Å². The van der Waals surface area contributed by atoms with Crippen molar-refractivity contribution in [2.45, 2.75) is 33.1 Å². The second kappa shape index (κ2) is 9.70. The summed E-state index contributed by atoms with van der Waals surface area (Å²) >= 11 is 0. The molecule has 1 heterocycles. The Morgan fingerprint density at radius 2 is 1.59 bits per heavy atom. The van der Waals surface area contributed by atoms with Crippen molar-refractivity contribution in [1.29, 1.82) is 0 Å². The zero-order chi connectivity index (χ0) is 19.1. The number of carbonyl (C=O) groups excluding carboxylic acids is 1. The number of rotatable bonds is 7. The largest absolute Gasteiger partial charge is 0.356 e. The van der Waals surface area contributed by atoms with Crippen molar-refractivity contribution in [3.8, 4) is 11.1 Å². The van der Waals surface area contributed by atoms with Crippen molar-refractivity contribution in [3.63, 3.8) is 0 Å². The van der Waals surface area contributed by atoms with Crippen LogP contribution in [0.4, 0.5) is 0 Å². The number of hydrogen-bond acceptors (Lipinski definition) is 2. The maximum atomic E-state index is 12.2. The Morgan fingerprint density at radius 3 is 2.26 bits per heavy atom. The predicted octanol–water partition coefficient (Wildman–Crippen LogP) is 4.38. The molecule has 1 aliphatic rings. The third kappa shape index (κ3) is 6.21. The Bertz CT molecular complexity index is 701. The van der Waals surface area contributed by atoms with E-state index in [1.165, 1.54) is 30.6 Å². The Balaban J connectivity index is 1.38. The van der Waals surface area contributed by atoms with Gasteiger partial charge in [0.05, 0.1) is 6.42 Å². The summed E-state index contributed by atoms with van der Waals surface area (Å²) < 4.78 is 0. The van der Waals surface area contributed by atoms with Gasteiger partial charge in [0.25, 0.3) is 0 Å². The number of likely N-dealkylation sites (tertiary alicyclic amines) is 1. The van der Waals surface area contributed by atoms with Crippen molar-refractivity contribution in [3.05, 3.63) is 60.2 Å². The van der Waals surface area contributed by atoms with E-state index in [9.17, 15) is 4.79 Å². The molecule has 0 saturated carbocycles. The van der Waals surface area contributed by atoms with Gasteiger partial charge in [-0.25, -0.2) is 0 Å². The van der Waals surface area contributed by atoms with Crippen molar-refractivity contribution in [2.75, 3.05) is 26.2 Å². The number of nitrogens with zero attached hydrogens (tertiary/aromatic N) is 1. The summed E-state index contributed by atoms with van der Waals surface area (Å²) in [5.41, 5.74) is 3.45. The molecule has 0 spiro atoms. The van der Waals surface area contributed by atoms with Gasteiger partial charge < -0.3 is 10.2 Å². The number of nitrogens with one attached hydrogen (secondary N) is 1. The van der Waals surface area contributed by atoms with Crippen LogP contribution in [0.2, 0.25) is 0 Å². The van der Waals surface area contributed by atoms with Gasteiger partial charge in [-0.05, 0) is 47.9 Å². The topological polar surface area (TPSA) is 32.3 Å². The number of piperidine rings is 1. The van der Waals surface area contributed by atoms with E-state index in [4.69, 9.17) is 0 Å². The molecule has 0 bridgehead atoms. The first-order valence-corrected chi connectivity index (χ1v) is 10.2. The van der Waals surface area contributed by atoms with Crippen LogP contribution in [0.25, 0.3) is 11.1 Å². The van der Waals surface area contributed by atoms with E-state index in [1.54, 1.807) is 0 Å². The third-order valence-electron chi connectivity index (χ3n) is 5.34. The highest BCUT2D eigenvalue weighted by atomic mass is 16.1. The molecule has 1 aliphatic heterocycles. The van der Waals surface area contributed by atoms with Crippen LogP contribution in [0, 0.1) is 11.8 Å². The normalized spacial score (nSPS) is 20.4. The van der Waals surface area contributed by atoms with E-state index in [0.29, 0.717) is 6.42 Å². The lowest BCUT2D eigenvalue weighted by Crippen LogP contribution is -2.40. The van der Waals surface area contributed by atoms with E-state index in [1.807, 2.05) is 18.2 Å². The van der Waals surface area contributed by atoms with E-state index in [-0.39, 0.29) is 5.91 Å². The van der Waals surface area contributed by atoms with Crippen molar-refractivity contribution >= 4 is 5.91 Å². The molecule has 1 fully saturated rings. The highest BCUT2D eigenvalue weighted by molar-refractivity contribution is 5.78. The molecule has 0 radical (unpaired) electrons. The van der Waals surface area contributed by atoms with E-state index in [0.717, 1.165) is 36.9 Å². The van der Waals surface area contributed by atoms with Crippen LogP contribution in [0.3, 0.4) is 0 Å². The average Bonchev–Trinajstić information content (AvgIpc) is 2.66. The number of hydrogen-bond donors (Lipinski definition) is 1. The van der Waals surface area contributed by atoms with Gasteiger partial charge in [0.15, 0.2) is 0 Å². The van der Waals surface area contributed by atoms with Gasteiger partial charge in [-0.1, -0.05) is 68.4 Å². The van der Waals surface area contributed by atoms with E-state index >= 15 is 0 Å². The molecule has 3 rings (SSSR count). The second-order valence-corrected chi connectivity index (χ2v) is 8.15. The molecular weight excluding hydrogens is 332 g/mol. The Morgan fingerprint density at radius 1 is 0.963 bits per heavy atom. The number of amides is 1. The van der Waals surface area contributed by atoms with Crippen molar-refractivity contribution in [2.24, 2.45) is 11.8 Å². The minimum atomic E-state index is 0.114. The Labute approximate surface area is 163 Å². The SMILES string of the molecule is C[C@H]1C[C@H](C)CN(CCCNC(=O)Cc2ccc(-c3ccccc3)cc2)C1. The maximum absolute atomic E-state index is 12.2. The predicted molar refractivity (Wildman–Crippen MR) is 113 cm³/mol. The molecule has 1 N–H and O–H groups in total.